The van der Waals surface area contributed by atoms with Gasteiger partial charge in [-0.15, -0.1) is 0 Å². The molecule has 17 heavy (non-hydrogen) atoms. The molecule has 0 unspecified atom stereocenters. The summed E-state index contributed by atoms with van der Waals surface area (Å²) >= 11 is 0. The van der Waals surface area contributed by atoms with Crippen LogP contribution in [-0.4, -0.2) is 15.2 Å². The number of aromatic nitrogens is 3. The lowest BCUT2D eigenvalue weighted by Crippen LogP contribution is -2.00. The van der Waals surface area contributed by atoms with Crippen molar-refractivity contribution in [1.29, 1.82) is 0 Å². The summed E-state index contributed by atoms with van der Waals surface area (Å²) in [5.41, 5.74) is 3.87. The molecule has 2 aromatic rings. The van der Waals surface area contributed by atoms with Crippen molar-refractivity contribution in [2.75, 3.05) is 0 Å². The van der Waals surface area contributed by atoms with Gasteiger partial charge in [0.25, 0.3) is 0 Å². The first-order chi connectivity index (χ1) is 8.11. The van der Waals surface area contributed by atoms with Crippen molar-refractivity contribution in [3.05, 3.63) is 35.7 Å². The third-order valence-corrected chi connectivity index (χ3v) is 3.02. The van der Waals surface area contributed by atoms with Crippen LogP contribution in [0.5, 0.6) is 0 Å². The number of H-pyrrole nitrogens is 1. The van der Waals surface area contributed by atoms with Crippen molar-refractivity contribution in [3.63, 3.8) is 0 Å². The molecule has 0 amide bonds. The van der Waals surface area contributed by atoms with Gasteiger partial charge < -0.3 is 0 Å². The highest BCUT2D eigenvalue weighted by atomic mass is 15.2. The number of hydrogen-bond donors (Lipinski definition) is 1. The van der Waals surface area contributed by atoms with Crippen LogP contribution in [0.2, 0.25) is 0 Å². The summed E-state index contributed by atoms with van der Waals surface area (Å²) in [5.74, 6) is 1.83. The number of hydrogen-bond acceptors (Lipinski definition) is 2. The van der Waals surface area contributed by atoms with Gasteiger partial charge >= 0.3 is 0 Å². The zero-order valence-electron chi connectivity index (χ0n) is 10.9. The number of nitrogens with zero attached hydrogens (tertiary/aromatic N) is 2. The fraction of sp³-hybridized carbons (Fsp3) is 0.429. The molecule has 1 N–H and O–H groups in total. The van der Waals surface area contributed by atoms with E-state index in [4.69, 9.17) is 0 Å². The lowest BCUT2D eigenvalue weighted by atomic mass is 9.88. The molecule has 1 aromatic heterocycles. The average molecular weight is 229 g/mol. The predicted molar refractivity (Wildman–Crippen MR) is 70.0 cm³/mol. The van der Waals surface area contributed by atoms with Gasteiger partial charge in [-0.05, 0) is 23.0 Å². The summed E-state index contributed by atoms with van der Waals surface area (Å²) in [4.78, 5) is 4.31. The van der Waals surface area contributed by atoms with E-state index < -0.39 is 0 Å². The lowest BCUT2D eigenvalue weighted by Gasteiger charge is -2.17. The van der Waals surface area contributed by atoms with Crippen molar-refractivity contribution in [2.45, 2.75) is 39.5 Å². The van der Waals surface area contributed by atoms with Gasteiger partial charge in [0.1, 0.15) is 6.33 Å². The zero-order chi connectivity index (χ0) is 12.4. The SMILES string of the molecule is CC(C)c1cccc(C(C)C)c1-c1ncn[nH]1. The molecule has 1 aromatic carbocycles. The maximum absolute atomic E-state index is 4.31. The summed E-state index contributed by atoms with van der Waals surface area (Å²) in [7, 11) is 0. The molecule has 0 fully saturated rings. The molecule has 0 saturated heterocycles. The first-order valence-electron chi connectivity index (χ1n) is 6.09. The Kier molecular flexibility index (Phi) is 3.27. The number of aromatic amines is 1. The van der Waals surface area contributed by atoms with Gasteiger partial charge in [0.05, 0.1) is 0 Å². The number of benzene rings is 1. The molecular weight excluding hydrogens is 210 g/mol. The van der Waals surface area contributed by atoms with Crippen LogP contribution in [0.4, 0.5) is 0 Å². The molecule has 0 bridgehead atoms. The van der Waals surface area contributed by atoms with E-state index in [1.54, 1.807) is 6.33 Å². The van der Waals surface area contributed by atoms with Crippen LogP contribution in [0, 0.1) is 0 Å². The molecule has 2 rings (SSSR count). The van der Waals surface area contributed by atoms with E-state index >= 15 is 0 Å². The van der Waals surface area contributed by atoms with E-state index in [1.165, 1.54) is 16.7 Å². The Balaban J connectivity index is 2.67. The van der Waals surface area contributed by atoms with Gasteiger partial charge in [-0.1, -0.05) is 45.9 Å². The second-order valence-corrected chi connectivity index (χ2v) is 4.95. The normalized spacial score (nSPS) is 11.4. The fourth-order valence-corrected chi connectivity index (χ4v) is 2.15. The van der Waals surface area contributed by atoms with E-state index in [0.717, 1.165) is 5.82 Å². The predicted octanol–water partition coefficient (Wildman–Crippen LogP) is 3.72. The van der Waals surface area contributed by atoms with Gasteiger partial charge in [0.15, 0.2) is 5.82 Å². The summed E-state index contributed by atoms with van der Waals surface area (Å²) in [6.07, 6.45) is 1.57. The van der Waals surface area contributed by atoms with E-state index in [1.807, 2.05) is 0 Å². The minimum atomic E-state index is 0.480. The van der Waals surface area contributed by atoms with Crippen LogP contribution in [0.3, 0.4) is 0 Å². The maximum Gasteiger partial charge on any atom is 0.156 e. The lowest BCUT2D eigenvalue weighted by molar-refractivity contribution is 0.834. The monoisotopic (exact) mass is 229 g/mol. The molecule has 90 valence electrons. The molecule has 0 aliphatic rings. The van der Waals surface area contributed by atoms with E-state index in [-0.39, 0.29) is 0 Å². The third-order valence-electron chi connectivity index (χ3n) is 3.02. The first kappa shape index (κ1) is 11.8. The zero-order valence-corrected chi connectivity index (χ0v) is 10.9. The Morgan fingerprint density at radius 1 is 1.00 bits per heavy atom. The average Bonchev–Trinajstić information content (AvgIpc) is 2.80. The number of nitrogens with one attached hydrogen (secondary N) is 1. The smallest absolute Gasteiger partial charge is 0.156 e. The molecule has 0 aliphatic carbocycles. The summed E-state index contributed by atoms with van der Waals surface area (Å²) in [5, 5.41) is 6.95. The minimum absolute atomic E-state index is 0.480. The highest BCUT2D eigenvalue weighted by Crippen LogP contribution is 2.33. The molecule has 0 spiro atoms. The Labute approximate surface area is 102 Å². The van der Waals surface area contributed by atoms with Crippen LogP contribution >= 0.6 is 0 Å². The summed E-state index contributed by atoms with van der Waals surface area (Å²) in [6, 6.07) is 6.48. The molecule has 0 saturated carbocycles. The Morgan fingerprint density at radius 3 is 2.00 bits per heavy atom. The van der Waals surface area contributed by atoms with E-state index in [2.05, 4.69) is 61.1 Å². The van der Waals surface area contributed by atoms with Gasteiger partial charge in [-0.2, -0.15) is 5.10 Å². The molecule has 0 radical (unpaired) electrons. The maximum atomic E-state index is 4.31. The van der Waals surface area contributed by atoms with Gasteiger partial charge in [-0.25, -0.2) is 4.98 Å². The molecule has 0 aliphatic heterocycles. The Bertz CT molecular complexity index is 458. The van der Waals surface area contributed by atoms with Gasteiger partial charge in [-0.3, -0.25) is 5.10 Å². The Morgan fingerprint density at radius 2 is 1.59 bits per heavy atom. The van der Waals surface area contributed by atoms with Crippen LogP contribution < -0.4 is 0 Å². The largest absolute Gasteiger partial charge is 0.259 e. The topological polar surface area (TPSA) is 41.6 Å². The van der Waals surface area contributed by atoms with Crippen LogP contribution in [0.1, 0.15) is 50.7 Å². The molecule has 3 nitrogen and oxygen atoms in total. The van der Waals surface area contributed by atoms with Crippen molar-refractivity contribution in [2.24, 2.45) is 0 Å². The second kappa shape index (κ2) is 4.70. The molecule has 3 heteroatoms. The third kappa shape index (κ3) is 2.23. The summed E-state index contributed by atoms with van der Waals surface area (Å²) in [6.45, 7) is 8.83. The quantitative estimate of drug-likeness (QED) is 0.871. The van der Waals surface area contributed by atoms with Gasteiger partial charge in [0, 0.05) is 5.56 Å². The molecular formula is C14H19N3. The highest BCUT2D eigenvalue weighted by molar-refractivity contribution is 5.66. The van der Waals surface area contributed by atoms with E-state index in [9.17, 15) is 0 Å². The van der Waals surface area contributed by atoms with Crippen molar-refractivity contribution in [3.8, 4) is 11.4 Å². The second-order valence-electron chi connectivity index (χ2n) is 4.95. The minimum Gasteiger partial charge on any atom is -0.259 e. The van der Waals surface area contributed by atoms with E-state index in [0.29, 0.717) is 11.8 Å². The Hall–Kier alpha value is -1.64. The molecule has 0 atom stereocenters. The van der Waals surface area contributed by atoms with Crippen LogP contribution in [0.25, 0.3) is 11.4 Å². The highest BCUT2D eigenvalue weighted by Gasteiger charge is 2.16. The first-order valence-corrected chi connectivity index (χ1v) is 6.09. The van der Waals surface area contributed by atoms with Gasteiger partial charge in [0.2, 0.25) is 0 Å². The van der Waals surface area contributed by atoms with Crippen molar-refractivity contribution < 1.29 is 0 Å². The fourth-order valence-electron chi connectivity index (χ4n) is 2.15. The standard InChI is InChI=1S/C14H19N3/c1-9(2)11-6-5-7-12(10(3)4)13(11)14-15-8-16-17-14/h5-10H,1-4H3,(H,15,16,17). The van der Waals surface area contributed by atoms with Crippen molar-refractivity contribution in [1.82, 2.24) is 15.2 Å². The van der Waals surface area contributed by atoms with Crippen molar-refractivity contribution >= 4 is 0 Å². The number of rotatable bonds is 3. The molecule has 1 heterocycles. The van der Waals surface area contributed by atoms with Crippen LogP contribution in [-0.2, 0) is 0 Å². The summed E-state index contributed by atoms with van der Waals surface area (Å²) < 4.78 is 0. The van der Waals surface area contributed by atoms with Crippen LogP contribution in [0.15, 0.2) is 24.5 Å².